The van der Waals surface area contributed by atoms with Gasteiger partial charge in [0.05, 0.1) is 11.2 Å². The number of fused-ring (bicyclic) bond motifs is 7. The van der Waals surface area contributed by atoms with E-state index in [1.54, 1.807) is 5.70 Å². The predicted octanol–water partition coefficient (Wildman–Crippen LogP) is 18.6. The topological polar surface area (TPSA) is 3.24 Å². The molecule has 2 aromatic heterocycles. The average molecular weight is 876 g/mol. The van der Waals surface area contributed by atoms with Crippen LogP contribution in [-0.4, -0.2) is 5.54 Å². The Bertz CT molecular complexity index is 3590. The van der Waals surface area contributed by atoms with Crippen molar-refractivity contribution in [2.24, 2.45) is 17.3 Å². The maximum atomic E-state index is 2.88. The molecule has 5 aliphatic rings. The molecule has 3 aliphatic heterocycles. The first-order valence-corrected chi connectivity index (χ1v) is 26.5. The van der Waals surface area contributed by atoms with Crippen LogP contribution in [0.2, 0.25) is 0 Å². The Morgan fingerprint density at radius 2 is 1.35 bits per heavy atom. The molecule has 0 radical (unpaired) electrons. The van der Waals surface area contributed by atoms with Gasteiger partial charge in [0.15, 0.2) is 0 Å². The van der Waals surface area contributed by atoms with Crippen LogP contribution in [0, 0.1) is 17.3 Å². The Kier molecular flexibility index (Phi) is 8.42. The van der Waals surface area contributed by atoms with Crippen LogP contribution in [0.4, 0.5) is 5.69 Å². The average Bonchev–Trinajstić information content (AvgIpc) is 3.93. The molecule has 6 aromatic carbocycles. The lowest BCUT2D eigenvalue weighted by atomic mass is 9.54. The zero-order valence-corrected chi connectivity index (χ0v) is 40.4. The van der Waals surface area contributed by atoms with Gasteiger partial charge in [-0.25, -0.2) is 0 Å². The number of benzene rings is 6. The van der Waals surface area contributed by atoms with Crippen molar-refractivity contribution in [1.82, 2.24) is 0 Å². The fraction of sp³-hybridized carbons (Fsp3) is 0.226. The van der Waals surface area contributed by atoms with Crippen molar-refractivity contribution < 1.29 is 0 Å². The third-order valence-electron chi connectivity index (χ3n) is 16.6. The van der Waals surface area contributed by atoms with Gasteiger partial charge in [-0.15, -0.1) is 0 Å². The van der Waals surface area contributed by atoms with Crippen molar-refractivity contribution in [3.8, 4) is 16.4 Å². The number of nitrogens with zero attached hydrogens (tertiary/aromatic N) is 1. The standard InChI is InChI=1S/C62H55NP2/c1-8-10-19-42(9-2)64-53-26-16-14-22-44(53)46-33-39(29-30-55(46)64)41-35-51-48-34-40(38-28-31-56-47(32-38)45-23-15-17-27-54(45)65(56)43-20-12-11-13-21-43)36-52-58(48)63-59-49(60(52,3)4)24-18-25-50(59)61(5,6)57(37-41)62(51,63)7/h8,10-23,25-37,49,57H,9,24H2,1-7H3/b10-8-,42-19+. The SMILES string of the molecule is C/C=C\C=C(/CC)p1c2ccccc2c2cc(C3=CC4C(C)(C)C5=C6C(CC=C5)C(C)(C)c5cc(-c7ccc8c(c7)c7ccccc7p8-c7ccccc7)cc7c5N6C4(C)C7=C3)ccc21. The quantitative estimate of drug-likeness (QED) is 0.150. The van der Waals surface area contributed by atoms with Crippen molar-refractivity contribution in [3.05, 3.63) is 198 Å². The third-order valence-corrected chi connectivity index (χ3v) is 21.9. The van der Waals surface area contributed by atoms with Gasteiger partial charge in [-0.3, -0.25) is 0 Å². The largest absolute Gasteiger partial charge is 0.333 e. The van der Waals surface area contributed by atoms with Gasteiger partial charge in [0.1, 0.15) is 0 Å². The van der Waals surface area contributed by atoms with Crippen LogP contribution in [0.1, 0.15) is 78.0 Å². The molecule has 0 amide bonds. The van der Waals surface area contributed by atoms with E-state index in [-0.39, 0.29) is 22.3 Å². The Morgan fingerprint density at radius 1 is 0.692 bits per heavy atom. The summed E-state index contributed by atoms with van der Waals surface area (Å²) in [5.41, 5.74) is 13.9. The summed E-state index contributed by atoms with van der Waals surface area (Å²) in [5.74, 6) is 0.668. The second-order valence-electron chi connectivity index (χ2n) is 20.5. The van der Waals surface area contributed by atoms with Gasteiger partial charge >= 0.3 is 0 Å². The highest BCUT2D eigenvalue weighted by Crippen LogP contribution is 2.71. The van der Waals surface area contributed by atoms with Crippen molar-refractivity contribution >= 4 is 79.2 Å². The lowest BCUT2D eigenvalue weighted by molar-refractivity contribution is 0.198. The molecular formula is C62H55NP2. The van der Waals surface area contributed by atoms with Gasteiger partial charge in [-0.1, -0.05) is 177 Å². The van der Waals surface area contributed by atoms with Crippen LogP contribution in [0.25, 0.3) is 74.9 Å². The lowest BCUT2D eigenvalue weighted by Gasteiger charge is -2.62. The summed E-state index contributed by atoms with van der Waals surface area (Å²) in [6.45, 7) is 17.2. The first-order chi connectivity index (χ1) is 31.5. The predicted molar refractivity (Wildman–Crippen MR) is 286 cm³/mol. The van der Waals surface area contributed by atoms with Crippen molar-refractivity contribution in [3.63, 3.8) is 0 Å². The van der Waals surface area contributed by atoms with Crippen LogP contribution < -0.4 is 4.90 Å². The van der Waals surface area contributed by atoms with Crippen molar-refractivity contribution in [1.29, 1.82) is 0 Å². The van der Waals surface area contributed by atoms with E-state index in [0.717, 1.165) is 12.8 Å². The van der Waals surface area contributed by atoms with Crippen LogP contribution in [0.5, 0.6) is 0 Å². The van der Waals surface area contributed by atoms with E-state index in [1.165, 1.54) is 103 Å². The Labute approximate surface area is 386 Å². The minimum atomic E-state index is -0.606. The summed E-state index contributed by atoms with van der Waals surface area (Å²) in [7, 11) is -1.18. The number of anilines is 1. The third kappa shape index (κ3) is 5.18. The van der Waals surface area contributed by atoms with Crippen LogP contribution in [-0.2, 0) is 5.41 Å². The Hall–Kier alpha value is -5.84. The van der Waals surface area contributed by atoms with Crippen LogP contribution >= 0.6 is 15.1 Å². The molecule has 1 nitrogen and oxygen atoms in total. The zero-order chi connectivity index (χ0) is 44.1. The lowest BCUT2D eigenvalue weighted by Crippen LogP contribution is -2.62. The van der Waals surface area contributed by atoms with Crippen LogP contribution in [0.15, 0.2) is 181 Å². The first-order valence-electron chi connectivity index (χ1n) is 23.8. The van der Waals surface area contributed by atoms with Gasteiger partial charge < -0.3 is 4.90 Å². The summed E-state index contributed by atoms with van der Waals surface area (Å²) in [6, 6.07) is 49.7. The molecular weight excluding hydrogens is 821 g/mol. The minimum absolute atomic E-state index is 0.0546. The monoisotopic (exact) mass is 875 g/mol. The molecule has 13 rings (SSSR count). The highest BCUT2D eigenvalue weighted by Gasteiger charge is 2.64. The second-order valence-corrected chi connectivity index (χ2v) is 24.9. The van der Waals surface area contributed by atoms with E-state index in [2.05, 4.69) is 223 Å². The molecule has 5 unspecified atom stereocenters. The second kappa shape index (κ2) is 13.8. The van der Waals surface area contributed by atoms with E-state index < -0.39 is 15.1 Å². The molecule has 8 aromatic rings. The molecule has 0 spiro atoms. The molecule has 65 heavy (non-hydrogen) atoms. The molecule has 5 atom stereocenters. The summed E-state index contributed by atoms with van der Waals surface area (Å²) in [6.07, 6.45) is 19.2. The van der Waals surface area contributed by atoms with Crippen LogP contribution in [0.3, 0.4) is 0 Å². The van der Waals surface area contributed by atoms with E-state index >= 15 is 0 Å². The molecule has 2 aliphatic carbocycles. The number of rotatable bonds is 6. The number of allylic oxidation sites excluding steroid dienone is 10. The molecule has 3 heteroatoms. The van der Waals surface area contributed by atoms with E-state index in [4.69, 9.17) is 0 Å². The Balaban J connectivity index is 1.05. The van der Waals surface area contributed by atoms with Crippen molar-refractivity contribution in [2.75, 3.05) is 4.90 Å². The smallest absolute Gasteiger partial charge is 0.0749 e. The molecule has 0 bridgehead atoms. The summed E-state index contributed by atoms with van der Waals surface area (Å²) in [4.78, 5) is 2.88. The first kappa shape index (κ1) is 39.5. The van der Waals surface area contributed by atoms with Gasteiger partial charge in [-0.05, 0) is 140 Å². The van der Waals surface area contributed by atoms with Gasteiger partial charge in [0.25, 0.3) is 0 Å². The molecule has 0 saturated carbocycles. The van der Waals surface area contributed by atoms with Crippen molar-refractivity contribution in [2.45, 2.75) is 72.3 Å². The fourth-order valence-electron chi connectivity index (χ4n) is 13.4. The molecule has 5 heterocycles. The normalized spacial score (nSPS) is 23.0. The summed E-state index contributed by atoms with van der Waals surface area (Å²) < 4.78 is 0. The highest BCUT2D eigenvalue weighted by atomic mass is 31.1. The summed E-state index contributed by atoms with van der Waals surface area (Å²) >= 11 is 0. The van der Waals surface area contributed by atoms with E-state index in [1.807, 2.05) is 0 Å². The Morgan fingerprint density at radius 3 is 2.14 bits per heavy atom. The molecule has 0 fully saturated rings. The van der Waals surface area contributed by atoms with E-state index in [9.17, 15) is 0 Å². The molecule has 0 N–H and O–H groups in total. The fourth-order valence-corrected chi connectivity index (χ4v) is 18.8. The molecule has 318 valence electrons. The van der Waals surface area contributed by atoms with Gasteiger partial charge in [0, 0.05) is 54.4 Å². The van der Waals surface area contributed by atoms with Gasteiger partial charge in [-0.2, -0.15) is 0 Å². The molecule has 0 saturated heterocycles. The maximum Gasteiger partial charge on any atom is 0.0749 e. The summed E-state index contributed by atoms with van der Waals surface area (Å²) in [5, 5.41) is 14.5. The number of hydrogen-bond acceptors (Lipinski definition) is 1. The van der Waals surface area contributed by atoms with E-state index in [0.29, 0.717) is 5.92 Å². The van der Waals surface area contributed by atoms with Gasteiger partial charge in [0.2, 0.25) is 0 Å². The number of hydrogen-bond donors (Lipinski definition) is 0. The zero-order valence-electron chi connectivity index (χ0n) is 38.6. The highest BCUT2D eigenvalue weighted by molar-refractivity contribution is 7.71. The minimum Gasteiger partial charge on any atom is -0.333 e. The maximum absolute atomic E-state index is 2.88.